The first kappa shape index (κ1) is 32.8. The Labute approximate surface area is 254 Å². The minimum atomic E-state index is -5.67. The second kappa shape index (κ2) is 12.3. The third-order valence-electron chi connectivity index (χ3n) is 6.92. The van der Waals surface area contributed by atoms with Crippen LogP contribution in [0.15, 0.2) is 36.7 Å². The molecule has 19 heteroatoms. The molecule has 1 aliphatic carbocycles. The topological polar surface area (TPSA) is 185 Å². The number of imidazole rings is 1. The van der Waals surface area contributed by atoms with Gasteiger partial charge in [-0.1, -0.05) is 18.2 Å². The lowest BCUT2D eigenvalue weighted by Gasteiger charge is -2.31. The molecule has 0 unspecified atom stereocenters. The summed E-state index contributed by atoms with van der Waals surface area (Å²) < 4.78 is 95.1. The van der Waals surface area contributed by atoms with E-state index in [1.807, 2.05) is 0 Å². The zero-order valence-electron chi connectivity index (χ0n) is 24.3. The fourth-order valence-corrected chi connectivity index (χ4v) is 6.10. The van der Waals surface area contributed by atoms with E-state index < -0.39 is 62.7 Å². The largest absolute Gasteiger partial charge is 0.462 e. The van der Waals surface area contributed by atoms with Crippen LogP contribution in [0.25, 0.3) is 11.2 Å². The maximum Gasteiger partial charge on any atom is 0.459 e. The summed E-state index contributed by atoms with van der Waals surface area (Å²) in [5, 5.41) is 16.2. The van der Waals surface area contributed by atoms with Crippen LogP contribution in [0.3, 0.4) is 0 Å². The maximum absolute atomic E-state index is 16.2. The zero-order valence-corrected chi connectivity index (χ0v) is 25.2. The smallest absolute Gasteiger partial charge is 0.459 e. The number of nitrogens with zero attached hydrogens (tertiary/aromatic N) is 4. The molecule has 246 valence electrons. The first-order valence-corrected chi connectivity index (χ1v) is 15.5. The van der Waals surface area contributed by atoms with Crippen molar-refractivity contribution in [1.82, 2.24) is 24.6 Å². The SMILES string of the molecule is CC(C)OC(=O)[C@@H](C)N[P@](=O)(OC[C@H]1O[C@@H](n2cnc3c(NC4CC4)nc(N)nc32)[C@@](F)(C(F)(F)F)[C@@H]1O)Oc1ccccc1. The summed E-state index contributed by atoms with van der Waals surface area (Å²) in [5.74, 6) is -0.996. The third-order valence-corrected chi connectivity index (χ3v) is 8.57. The van der Waals surface area contributed by atoms with Gasteiger partial charge in [0.2, 0.25) is 5.95 Å². The molecular weight excluding hydrogens is 629 g/mol. The highest BCUT2D eigenvalue weighted by molar-refractivity contribution is 7.52. The number of benzene rings is 1. The van der Waals surface area contributed by atoms with Crippen molar-refractivity contribution in [1.29, 1.82) is 0 Å². The van der Waals surface area contributed by atoms with Crippen LogP contribution >= 0.6 is 7.75 Å². The van der Waals surface area contributed by atoms with E-state index in [1.165, 1.54) is 19.1 Å². The van der Waals surface area contributed by atoms with E-state index in [2.05, 4.69) is 25.4 Å². The number of alkyl halides is 4. The van der Waals surface area contributed by atoms with E-state index in [0.717, 1.165) is 19.2 Å². The fourth-order valence-electron chi connectivity index (χ4n) is 4.59. The Morgan fingerprint density at radius 3 is 2.56 bits per heavy atom. The average Bonchev–Trinajstić information content (AvgIpc) is 3.61. The van der Waals surface area contributed by atoms with E-state index in [-0.39, 0.29) is 34.7 Å². The van der Waals surface area contributed by atoms with Crippen LogP contribution in [-0.2, 0) is 23.4 Å². The van der Waals surface area contributed by atoms with Crippen molar-refractivity contribution in [3.05, 3.63) is 36.7 Å². The van der Waals surface area contributed by atoms with Crippen molar-refractivity contribution in [2.24, 2.45) is 0 Å². The summed E-state index contributed by atoms with van der Waals surface area (Å²) in [6.45, 7) is 3.41. The van der Waals surface area contributed by atoms with Gasteiger partial charge in [0.15, 0.2) is 23.2 Å². The number of esters is 1. The number of hydrogen-bond acceptors (Lipinski definition) is 12. The monoisotopic (exact) mass is 661 g/mol. The number of carbonyl (C=O) groups is 1. The second-order valence-corrected chi connectivity index (χ2v) is 12.6. The van der Waals surface area contributed by atoms with Gasteiger partial charge < -0.3 is 30.2 Å². The summed E-state index contributed by atoms with van der Waals surface area (Å²) in [6, 6.07) is 6.33. The van der Waals surface area contributed by atoms with Gasteiger partial charge in [-0.3, -0.25) is 13.9 Å². The molecule has 1 aliphatic heterocycles. The standard InChI is InChI=1S/C26H32F4N7O7P/c1-13(2)42-22(39)14(3)36-45(40,44-16-7-5-4-6-8-16)41-11-17-19(38)25(27,26(28,29)30)23(43-17)37-12-32-18-20(33-15-9-10-15)34-24(31)35-21(18)37/h4-8,12-15,17,19,23,38H,9-11H2,1-3H3,(H,36,40)(H3,31,33,34,35)/t14-,17-,19-,23-,25-,45+/m1/s1. The minimum absolute atomic E-state index is 0.00523. The highest BCUT2D eigenvalue weighted by atomic mass is 31.2. The van der Waals surface area contributed by atoms with Gasteiger partial charge in [-0.25, -0.2) is 13.9 Å². The number of fused-ring (bicyclic) bond motifs is 1. The summed E-state index contributed by atoms with van der Waals surface area (Å²) in [5.41, 5.74) is 1.10. The number of aliphatic hydroxyl groups is 1. The van der Waals surface area contributed by atoms with E-state index in [0.29, 0.717) is 4.57 Å². The number of nitrogens with two attached hydrogens (primary N) is 1. The number of anilines is 2. The van der Waals surface area contributed by atoms with Gasteiger partial charge in [-0.15, -0.1) is 0 Å². The Morgan fingerprint density at radius 1 is 1.24 bits per heavy atom. The molecular formula is C26H32F4N7O7P. The molecule has 0 spiro atoms. The van der Waals surface area contributed by atoms with Crippen molar-refractivity contribution in [2.45, 2.75) is 82.1 Å². The molecule has 2 fully saturated rings. The maximum atomic E-state index is 16.2. The molecule has 3 aromatic rings. The number of hydrogen-bond donors (Lipinski definition) is 4. The van der Waals surface area contributed by atoms with Gasteiger partial charge in [-0.05, 0) is 45.7 Å². The summed E-state index contributed by atoms with van der Waals surface area (Å²) in [4.78, 5) is 24.5. The van der Waals surface area contributed by atoms with Crippen LogP contribution in [0, 0.1) is 0 Å². The Balaban J connectivity index is 1.43. The van der Waals surface area contributed by atoms with Gasteiger partial charge >= 0.3 is 19.9 Å². The molecule has 1 saturated heterocycles. The van der Waals surface area contributed by atoms with Gasteiger partial charge in [0.1, 0.15) is 24.0 Å². The number of rotatable bonds is 12. The fraction of sp³-hybridized carbons (Fsp3) is 0.538. The Hall–Kier alpha value is -3.57. The number of aromatic nitrogens is 4. The molecule has 2 aromatic heterocycles. The molecule has 5 rings (SSSR count). The number of ether oxygens (including phenoxy) is 2. The minimum Gasteiger partial charge on any atom is -0.462 e. The lowest BCUT2D eigenvalue weighted by Crippen LogP contribution is -2.54. The zero-order chi connectivity index (χ0) is 32.7. The van der Waals surface area contributed by atoms with Crippen LogP contribution in [0.4, 0.5) is 29.3 Å². The highest BCUT2D eigenvalue weighted by Gasteiger charge is 2.73. The molecule has 45 heavy (non-hydrogen) atoms. The molecule has 1 aromatic carbocycles. The lowest BCUT2D eigenvalue weighted by atomic mass is 9.95. The molecule has 0 bridgehead atoms. The molecule has 1 saturated carbocycles. The normalized spacial score (nSPS) is 25.7. The highest BCUT2D eigenvalue weighted by Crippen LogP contribution is 2.53. The van der Waals surface area contributed by atoms with Crippen molar-refractivity contribution < 1.29 is 50.5 Å². The number of nitrogens with one attached hydrogen (secondary N) is 2. The predicted molar refractivity (Wildman–Crippen MR) is 151 cm³/mol. The third kappa shape index (κ3) is 6.84. The van der Waals surface area contributed by atoms with Crippen LogP contribution < -0.4 is 20.7 Å². The number of halogens is 4. The van der Waals surface area contributed by atoms with Gasteiger partial charge in [-0.2, -0.15) is 28.2 Å². The first-order chi connectivity index (χ1) is 21.1. The second-order valence-electron chi connectivity index (χ2n) is 10.9. The number of carbonyl (C=O) groups excluding carboxylic acids is 1. The molecule has 0 radical (unpaired) electrons. The Kier molecular flexibility index (Phi) is 8.98. The van der Waals surface area contributed by atoms with Crippen molar-refractivity contribution >= 4 is 36.6 Å². The van der Waals surface area contributed by atoms with Crippen LogP contribution in [0.2, 0.25) is 0 Å². The van der Waals surface area contributed by atoms with Gasteiger partial charge in [0.25, 0.3) is 5.67 Å². The quantitative estimate of drug-likeness (QED) is 0.125. The number of aliphatic hydroxyl groups excluding tert-OH is 1. The molecule has 2 aliphatic rings. The van der Waals surface area contributed by atoms with Crippen molar-refractivity contribution in [3.63, 3.8) is 0 Å². The van der Waals surface area contributed by atoms with Crippen LogP contribution in [0.5, 0.6) is 5.75 Å². The first-order valence-electron chi connectivity index (χ1n) is 13.9. The lowest BCUT2D eigenvalue weighted by molar-refractivity contribution is -0.273. The molecule has 3 heterocycles. The summed E-state index contributed by atoms with van der Waals surface area (Å²) in [6.07, 6.45) is -11.1. The van der Waals surface area contributed by atoms with Crippen LogP contribution in [-0.4, -0.2) is 79.4 Å². The Bertz CT molecular complexity index is 1580. The molecule has 5 N–H and O–H groups in total. The molecule has 0 amide bonds. The van der Waals surface area contributed by atoms with E-state index >= 15 is 4.39 Å². The van der Waals surface area contributed by atoms with E-state index in [4.69, 9.17) is 24.3 Å². The predicted octanol–water partition coefficient (Wildman–Crippen LogP) is 3.65. The number of para-hydroxylation sites is 1. The van der Waals surface area contributed by atoms with Gasteiger partial charge in [0.05, 0.1) is 19.0 Å². The van der Waals surface area contributed by atoms with Crippen molar-refractivity contribution in [3.8, 4) is 5.75 Å². The number of nitrogen functional groups attached to an aromatic ring is 1. The summed E-state index contributed by atoms with van der Waals surface area (Å²) in [7, 11) is -4.61. The molecule has 14 nitrogen and oxygen atoms in total. The van der Waals surface area contributed by atoms with Crippen LogP contribution in [0.1, 0.15) is 39.8 Å². The molecule has 6 atom stereocenters. The van der Waals surface area contributed by atoms with E-state index in [1.54, 1.807) is 32.0 Å². The Morgan fingerprint density at radius 2 is 1.93 bits per heavy atom. The van der Waals surface area contributed by atoms with Crippen molar-refractivity contribution in [2.75, 3.05) is 17.7 Å². The average molecular weight is 662 g/mol. The van der Waals surface area contributed by atoms with Gasteiger partial charge in [0, 0.05) is 6.04 Å². The summed E-state index contributed by atoms with van der Waals surface area (Å²) >= 11 is 0. The van der Waals surface area contributed by atoms with E-state index in [9.17, 15) is 27.6 Å².